The molecule has 0 spiro atoms. The van der Waals surface area contributed by atoms with Crippen LogP contribution in [0.5, 0.6) is 0 Å². The lowest BCUT2D eigenvalue weighted by molar-refractivity contribution is 0.0776. The predicted octanol–water partition coefficient (Wildman–Crippen LogP) is 1.60. The third kappa shape index (κ3) is 2.44. The molecule has 0 aromatic carbocycles. The number of fused-ring (bicyclic) bond motifs is 1. The first-order chi connectivity index (χ1) is 11.5. The maximum atomic E-state index is 12.5. The highest BCUT2D eigenvalue weighted by molar-refractivity contribution is 5.92. The normalized spacial score (nSPS) is 23.0. The third-order valence-electron chi connectivity index (χ3n) is 5.22. The molecular weight excluding hydrogens is 306 g/mol. The quantitative estimate of drug-likeness (QED) is 0.834. The molecule has 2 unspecified atom stereocenters. The second kappa shape index (κ2) is 5.58. The van der Waals surface area contributed by atoms with E-state index in [0.717, 1.165) is 43.3 Å². The Bertz CT molecular complexity index is 773. The summed E-state index contributed by atoms with van der Waals surface area (Å²) < 4.78 is 5.16. The van der Waals surface area contributed by atoms with Gasteiger partial charge in [0, 0.05) is 56.2 Å². The van der Waals surface area contributed by atoms with Crippen molar-refractivity contribution >= 4 is 11.7 Å². The Hall–Kier alpha value is -2.44. The summed E-state index contributed by atoms with van der Waals surface area (Å²) in [7, 11) is 0. The van der Waals surface area contributed by atoms with Crippen LogP contribution in [-0.2, 0) is 0 Å². The van der Waals surface area contributed by atoms with E-state index in [1.165, 1.54) is 6.26 Å². The maximum Gasteiger partial charge on any atom is 0.275 e. The van der Waals surface area contributed by atoms with Gasteiger partial charge in [0.25, 0.3) is 5.91 Å². The van der Waals surface area contributed by atoms with Crippen molar-refractivity contribution < 1.29 is 9.21 Å². The smallest absolute Gasteiger partial charge is 0.275 e. The fraction of sp³-hybridized carbons (Fsp3) is 0.529. The fourth-order valence-corrected chi connectivity index (χ4v) is 3.80. The average Bonchev–Trinajstić information content (AvgIpc) is 3.23. The summed E-state index contributed by atoms with van der Waals surface area (Å²) in [6.45, 7) is 9.25. The third-order valence-corrected chi connectivity index (χ3v) is 5.22. The highest BCUT2D eigenvalue weighted by Gasteiger charge is 2.42. The minimum atomic E-state index is -0.0261. The molecule has 24 heavy (non-hydrogen) atoms. The lowest BCUT2D eigenvalue weighted by Gasteiger charge is -2.23. The molecule has 0 radical (unpaired) electrons. The average molecular weight is 327 g/mol. The zero-order valence-corrected chi connectivity index (χ0v) is 14.2. The summed E-state index contributed by atoms with van der Waals surface area (Å²) in [5.41, 5.74) is 2.57. The molecule has 4 rings (SSSR count). The Morgan fingerprint density at radius 1 is 1.12 bits per heavy atom. The van der Waals surface area contributed by atoms with Crippen LogP contribution in [0.1, 0.15) is 27.6 Å². The van der Waals surface area contributed by atoms with Crippen molar-refractivity contribution in [2.24, 2.45) is 11.8 Å². The molecule has 7 nitrogen and oxygen atoms in total. The molecule has 0 bridgehead atoms. The van der Waals surface area contributed by atoms with Crippen molar-refractivity contribution in [2.45, 2.75) is 20.8 Å². The molecule has 2 aliphatic heterocycles. The van der Waals surface area contributed by atoms with E-state index in [1.807, 2.05) is 11.8 Å². The van der Waals surface area contributed by atoms with Crippen molar-refractivity contribution in [3.8, 4) is 0 Å². The molecule has 2 atom stereocenters. The number of aryl methyl sites for hydroxylation is 2. The number of amides is 1. The Morgan fingerprint density at radius 2 is 1.83 bits per heavy atom. The van der Waals surface area contributed by atoms with Gasteiger partial charge in [0.15, 0.2) is 11.6 Å². The van der Waals surface area contributed by atoms with Crippen LogP contribution >= 0.6 is 0 Å². The molecule has 4 heterocycles. The van der Waals surface area contributed by atoms with E-state index < -0.39 is 0 Å². The number of nitrogens with zero attached hydrogens (tertiary/aromatic N) is 5. The lowest BCUT2D eigenvalue weighted by Crippen LogP contribution is -2.34. The van der Waals surface area contributed by atoms with Crippen molar-refractivity contribution in [2.75, 3.05) is 31.1 Å². The zero-order valence-electron chi connectivity index (χ0n) is 14.2. The minimum absolute atomic E-state index is 0.0261. The molecule has 2 fully saturated rings. The van der Waals surface area contributed by atoms with Gasteiger partial charge in [-0.1, -0.05) is 0 Å². The van der Waals surface area contributed by atoms with Gasteiger partial charge < -0.3 is 14.2 Å². The summed E-state index contributed by atoms with van der Waals surface area (Å²) in [5, 5.41) is 0. The number of likely N-dealkylation sites (tertiary alicyclic amines) is 1. The van der Waals surface area contributed by atoms with E-state index in [1.54, 1.807) is 13.3 Å². The number of rotatable bonds is 2. The van der Waals surface area contributed by atoms with Crippen LogP contribution in [0.15, 0.2) is 17.0 Å². The van der Waals surface area contributed by atoms with Gasteiger partial charge in [0.05, 0.1) is 0 Å². The molecule has 2 aromatic rings. The number of aromatic nitrogens is 3. The molecule has 7 heteroatoms. The maximum absolute atomic E-state index is 12.5. The molecule has 2 saturated heterocycles. The van der Waals surface area contributed by atoms with Crippen LogP contribution in [0.2, 0.25) is 0 Å². The van der Waals surface area contributed by atoms with E-state index in [9.17, 15) is 4.79 Å². The van der Waals surface area contributed by atoms with Gasteiger partial charge in [-0.15, -0.1) is 0 Å². The van der Waals surface area contributed by atoms with Crippen LogP contribution in [0.3, 0.4) is 0 Å². The van der Waals surface area contributed by atoms with Gasteiger partial charge in [-0.05, 0) is 13.8 Å². The largest absolute Gasteiger partial charge is 0.448 e. The molecule has 0 saturated carbocycles. The highest BCUT2D eigenvalue weighted by atomic mass is 16.3. The topological polar surface area (TPSA) is 75.4 Å². The number of hydrogen-bond donors (Lipinski definition) is 0. The molecule has 0 aliphatic carbocycles. The number of anilines is 1. The van der Waals surface area contributed by atoms with Crippen LogP contribution in [0, 0.1) is 32.6 Å². The number of oxazole rings is 1. The fourth-order valence-electron chi connectivity index (χ4n) is 3.80. The summed E-state index contributed by atoms with van der Waals surface area (Å²) in [6, 6.07) is 0. The van der Waals surface area contributed by atoms with E-state index in [4.69, 9.17) is 4.42 Å². The first-order valence-corrected chi connectivity index (χ1v) is 8.27. The summed E-state index contributed by atoms with van der Waals surface area (Å²) >= 11 is 0. The van der Waals surface area contributed by atoms with Gasteiger partial charge in [-0.2, -0.15) is 0 Å². The van der Waals surface area contributed by atoms with E-state index in [0.29, 0.717) is 23.4 Å². The lowest BCUT2D eigenvalue weighted by atomic mass is 10.0. The van der Waals surface area contributed by atoms with Crippen molar-refractivity contribution in [1.29, 1.82) is 0 Å². The van der Waals surface area contributed by atoms with Gasteiger partial charge in [0.2, 0.25) is 0 Å². The first-order valence-electron chi connectivity index (χ1n) is 8.27. The summed E-state index contributed by atoms with van der Waals surface area (Å²) in [4.78, 5) is 29.6. The Kier molecular flexibility index (Phi) is 3.51. The van der Waals surface area contributed by atoms with E-state index in [2.05, 4.69) is 26.8 Å². The minimum Gasteiger partial charge on any atom is -0.448 e. The van der Waals surface area contributed by atoms with Crippen molar-refractivity contribution in [3.05, 3.63) is 35.4 Å². The first kappa shape index (κ1) is 15.1. The molecule has 0 N–H and O–H groups in total. The van der Waals surface area contributed by atoms with E-state index in [-0.39, 0.29) is 5.91 Å². The van der Waals surface area contributed by atoms with Crippen LogP contribution in [0.4, 0.5) is 5.82 Å². The molecule has 2 aliphatic rings. The Balaban J connectivity index is 1.45. The summed E-state index contributed by atoms with van der Waals surface area (Å²) in [6.07, 6.45) is 3.08. The monoisotopic (exact) mass is 327 g/mol. The van der Waals surface area contributed by atoms with Crippen molar-refractivity contribution in [1.82, 2.24) is 19.9 Å². The molecule has 126 valence electrons. The van der Waals surface area contributed by atoms with Crippen LogP contribution in [0.25, 0.3) is 0 Å². The number of carbonyl (C=O) groups is 1. The van der Waals surface area contributed by atoms with Crippen LogP contribution < -0.4 is 4.90 Å². The highest BCUT2D eigenvalue weighted by Crippen LogP contribution is 2.35. The van der Waals surface area contributed by atoms with Gasteiger partial charge in [0.1, 0.15) is 18.4 Å². The zero-order chi connectivity index (χ0) is 16.8. The SMILES string of the molecule is Cc1nc(C(=O)N2CC3CN(c4ncnc(C)c4C)CC3C2)co1. The van der Waals surface area contributed by atoms with Gasteiger partial charge in [-0.3, -0.25) is 4.79 Å². The van der Waals surface area contributed by atoms with E-state index >= 15 is 0 Å². The number of hydrogen-bond acceptors (Lipinski definition) is 6. The van der Waals surface area contributed by atoms with Crippen LogP contribution in [-0.4, -0.2) is 51.9 Å². The Morgan fingerprint density at radius 3 is 2.46 bits per heavy atom. The summed E-state index contributed by atoms with van der Waals surface area (Å²) in [5.74, 6) is 2.50. The Labute approximate surface area is 140 Å². The second-order valence-corrected chi connectivity index (χ2v) is 6.79. The standard InChI is InChI=1S/C17H21N5O2/c1-10-11(2)18-9-19-16(10)21-4-13-6-22(7-14(13)5-21)17(23)15-8-24-12(3)20-15/h8-9,13-14H,4-7H2,1-3H3. The molecular formula is C17H21N5O2. The second-order valence-electron chi connectivity index (χ2n) is 6.79. The predicted molar refractivity (Wildman–Crippen MR) is 87.8 cm³/mol. The van der Waals surface area contributed by atoms with Gasteiger partial charge >= 0.3 is 0 Å². The number of carbonyl (C=O) groups excluding carboxylic acids is 1. The molecule has 2 aromatic heterocycles. The van der Waals surface area contributed by atoms with Crippen molar-refractivity contribution in [3.63, 3.8) is 0 Å². The van der Waals surface area contributed by atoms with Gasteiger partial charge in [-0.25, -0.2) is 15.0 Å². The molecule has 1 amide bonds.